The third-order valence-corrected chi connectivity index (χ3v) is 7.82. The summed E-state index contributed by atoms with van der Waals surface area (Å²) in [7, 11) is 0. The van der Waals surface area contributed by atoms with Crippen molar-refractivity contribution in [3.63, 3.8) is 0 Å². The molecule has 6 rings (SSSR count). The SMILES string of the molecule is O=C(NC1C2CC3CC(C2)CC1C3)C1CCCN1CC1CCCN1. The topological polar surface area (TPSA) is 44.4 Å². The number of nitrogens with one attached hydrogen (secondary N) is 2. The Balaban J connectivity index is 1.21. The van der Waals surface area contributed by atoms with Crippen molar-refractivity contribution in [3.05, 3.63) is 0 Å². The second kappa shape index (κ2) is 6.28. The fourth-order valence-corrected chi connectivity index (χ4v) is 6.96. The Morgan fingerprint density at radius 1 is 1.00 bits per heavy atom. The van der Waals surface area contributed by atoms with Gasteiger partial charge >= 0.3 is 0 Å². The molecule has 2 saturated heterocycles. The van der Waals surface area contributed by atoms with Gasteiger partial charge in [0.15, 0.2) is 0 Å². The molecular weight excluding hydrogens is 298 g/mol. The molecule has 4 saturated carbocycles. The molecule has 6 fully saturated rings. The summed E-state index contributed by atoms with van der Waals surface area (Å²) in [5, 5.41) is 7.15. The van der Waals surface area contributed by atoms with E-state index in [1.165, 1.54) is 51.4 Å². The Hall–Kier alpha value is -0.610. The van der Waals surface area contributed by atoms with Gasteiger partial charge in [-0.3, -0.25) is 9.69 Å². The number of carbonyl (C=O) groups excluding carboxylic acids is 1. The van der Waals surface area contributed by atoms with Gasteiger partial charge in [-0.2, -0.15) is 0 Å². The number of nitrogens with zero attached hydrogens (tertiary/aromatic N) is 1. The summed E-state index contributed by atoms with van der Waals surface area (Å²) < 4.78 is 0. The normalized spacial score (nSPS) is 47.4. The summed E-state index contributed by atoms with van der Waals surface area (Å²) in [6.45, 7) is 3.33. The van der Waals surface area contributed by atoms with Crippen molar-refractivity contribution in [1.82, 2.24) is 15.5 Å². The molecule has 0 aromatic rings. The standard InChI is InChI=1S/C20H33N3O/c24-20(18-4-2-6-23(18)12-17-3-1-5-21-17)22-19-15-8-13-7-14(10-15)11-16(19)9-13/h13-19,21H,1-12H2,(H,22,24). The van der Waals surface area contributed by atoms with Gasteiger partial charge in [-0.25, -0.2) is 0 Å². The van der Waals surface area contributed by atoms with Crippen LogP contribution in [0.4, 0.5) is 0 Å². The first kappa shape index (κ1) is 15.6. The Morgan fingerprint density at radius 3 is 2.42 bits per heavy atom. The van der Waals surface area contributed by atoms with Crippen LogP contribution in [-0.4, -0.2) is 48.6 Å². The zero-order valence-corrected chi connectivity index (χ0v) is 14.9. The molecule has 0 aromatic heterocycles. The van der Waals surface area contributed by atoms with Crippen molar-refractivity contribution >= 4 is 5.91 Å². The van der Waals surface area contributed by atoms with Crippen LogP contribution in [0.3, 0.4) is 0 Å². The number of carbonyl (C=O) groups is 1. The molecule has 4 bridgehead atoms. The zero-order chi connectivity index (χ0) is 16.1. The molecule has 4 nitrogen and oxygen atoms in total. The van der Waals surface area contributed by atoms with Gasteiger partial charge < -0.3 is 10.6 Å². The number of likely N-dealkylation sites (tertiary alicyclic amines) is 1. The summed E-state index contributed by atoms with van der Waals surface area (Å²) in [5.41, 5.74) is 0. The molecule has 2 atom stereocenters. The lowest BCUT2D eigenvalue weighted by atomic mass is 9.54. The van der Waals surface area contributed by atoms with Crippen LogP contribution < -0.4 is 10.6 Å². The van der Waals surface area contributed by atoms with E-state index >= 15 is 0 Å². The lowest BCUT2D eigenvalue weighted by molar-refractivity contribution is -0.129. The monoisotopic (exact) mass is 331 g/mol. The van der Waals surface area contributed by atoms with E-state index < -0.39 is 0 Å². The number of amides is 1. The summed E-state index contributed by atoms with van der Waals surface area (Å²) in [6, 6.07) is 1.25. The van der Waals surface area contributed by atoms with Crippen molar-refractivity contribution in [2.75, 3.05) is 19.6 Å². The van der Waals surface area contributed by atoms with E-state index in [2.05, 4.69) is 15.5 Å². The van der Waals surface area contributed by atoms with Crippen molar-refractivity contribution in [3.8, 4) is 0 Å². The quantitative estimate of drug-likeness (QED) is 0.830. The third-order valence-electron chi connectivity index (χ3n) is 7.82. The predicted octanol–water partition coefficient (Wildman–Crippen LogP) is 2.14. The molecule has 0 aromatic carbocycles. The van der Waals surface area contributed by atoms with Crippen LogP contribution >= 0.6 is 0 Å². The van der Waals surface area contributed by atoms with Crippen LogP contribution in [0.2, 0.25) is 0 Å². The van der Waals surface area contributed by atoms with E-state index in [0.717, 1.165) is 49.7 Å². The maximum Gasteiger partial charge on any atom is 0.237 e. The predicted molar refractivity (Wildman–Crippen MR) is 94.6 cm³/mol. The molecule has 2 heterocycles. The van der Waals surface area contributed by atoms with Crippen LogP contribution in [0, 0.1) is 23.7 Å². The fourth-order valence-electron chi connectivity index (χ4n) is 6.96. The first-order valence-electron chi connectivity index (χ1n) is 10.5. The van der Waals surface area contributed by atoms with E-state index in [1.807, 2.05) is 0 Å². The molecule has 0 spiro atoms. The lowest BCUT2D eigenvalue weighted by Crippen LogP contribution is -2.58. The minimum absolute atomic E-state index is 0.143. The molecule has 1 amide bonds. The maximum atomic E-state index is 13.0. The van der Waals surface area contributed by atoms with Gasteiger partial charge in [-0.1, -0.05) is 0 Å². The molecule has 134 valence electrons. The van der Waals surface area contributed by atoms with Crippen molar-refractivity contribution in [2.24, 2.45) is 23.7 Å². The number of rotatable bonds is 4. The summed E-state index contributed by atoms with van der Waals surface area (Å²) >= 11 is 0. The average molecular weight is 332 g/mol. The van der Waals surface area contributed by atoms with Crippen LogP contribution in [0.25, 0.3) is 0 Å². The van der Waals surface area contributed by atoms with Crippen LogP contribution in [0.15, 0.2) is 0 Å². The largest absolute Gasteiger partial charge is 0.351 e. The molecule has 4 aliphatic carbocycles. The van der Waals surface area contributed by atoms with E-state index in [-0.39, 0.29) is 6.04 Å². The second-order valence-electron chi connectivity index (χ2n) is 9.41. The average Bonchev–Trinajstić information content (AvgIpc) is 3.22. The molecule has 0 radical (unpaired) electrons. The molecule has 2 unspecified atom stereocenters. The molecule has 4 heteroatoms. The van der Waals surface area contributed by atoms with E-state index in [1.54, 1.807) is 0 Å². The first-order chi connectivity index (χ1) is 11.8. The highest BCUT2D eigenvalue weighted by Crippen LogP contribution is 2.53. The zero-order valence-electron chi connectivity index (χ0n) is 14.9. The van der Waals surface area contributed by atoms with Crippen LogP contribution in [0.1, 0.15) is 57.8 Å². The number of hydrogen-bond acceptors (Lipinski definition) is 3. The molecule has 2 aliphatic heterocycles. The summed E-state index contributed by atoms with van der Waals surface area (Å²) in [4.78, 5) is 15.5. The Bertz CT molecular complexity index is 459. The highest BCUT2D eigenvalue weighted by Gasteiger charge is 2.49. The van der Waals surface area contributed by atoms with Gasteiger partial charge in [0.2, 0.25) is 5.91 Å². The summed E-state index contributed by atoms with van der Waals surface area (Å²) in [6.07, 6.45) is 11.9. The molecule has 6 aliphatic rings. The lowest BCUT2D eigenvalue weighted by Gasteiger charge is -2.54. The highest BCUT2D eigenvalue weighted by atomic mass is 16.2. The third kappa shape index (κ3) is 2.80. The smallest absolute Gasteiger partial charge is 0.237 e. The van der Waals surface area contributed by atoms with Gasteiger partial charge in [-0.05, 0) is 94.5 Å². The van der Waals surface area contributed by atoms with Crippen LogP contribution in [0.5, 0.6) is 0 Å². The maximum absolute atomic E-state index is 13.0. The Morgan fingerprint density at radius 2 is 1.75 bits per heavy atom. The van der Waals surface area contributed by atoms with Crippen molar-refractivity contribution in [1.29, 1.82) is 0 Å². The van der Waals surface area contributed by atoms with Gasteiger partial charge in [0, 0.05) is 18.6 Å². The minimum atomic E-state index is 0.143. The van der Waals surface area contributed by atoms with Gasteiger partial charge in [0.1, 0.15) is 0 Å². The second-order valence-corrected chi connectivity index (χ2v) is 9.41. The van der Waals surface area contributed by atoms with Gasteiger partial charge in [0.25, 0.3) is 0 Å². The van der Waals surface area contributed by atoms with Gasteiger partial charge in [0.05, 0.1) is 6.04 Å². The van der Waals surface area contributed by atoms with Crippen molar-refractivity contribution < 1.29 is 4.79 Å². The van der Waals surface area contributed by atoms with E-state index in [4.69, 9.17) is 0 Å². The molecule has 2 N–H and O–H groups in total. The molecular formula is C20H33N3O. The van der Waals surface area contributed by atoms with E-state index in [0.29, 0.717) is 18.0 Å². The van der Waals surface area contributed by atoms with Crippen LogP contribution in [-0.2, 0) is 4.79 Å². The highest BCUT2D eigenvalue weighted by molar-refractivity contribution is 5.82. The number of hydrogen-bond donors (Lipinski definition) is 2. The Kier molecular flexibility index (Phi) is 4.09. The van der Waals surface area contributed by atoms with E-state index in [9.17, 15) is 4.79 Å². The molecule has 24 heavy (non-hydrogen) atoms. The van der Waals surface area contributed by atoms with Gasteiger partial charge in [-0.15, -0.1) is 0 Å². The van der Waals surface area contributed by atoms with Crippen molar-refractivity contribution in [2.45, 2.75) is 75.9 Å². The minimum Gasteiger partial charge on any atom is -0.351 e. The first-order valence-corrected chi connectivity index (χ1v) is 10.5. The Labute approximate surface area is 146 Å². The fraction of sp³-hybridized carbons (Fsp3) is 0.950. The summed E-state index contributed by atoms with van der Waals surface area (Å²) in [5.74, 6) is 3.89.